The van der Waals surface area contributed by atoms with Gasteiger partial charge in [0.15, 0.2) is 0 Å². The minimum atomic E-state index is -0.0786. The third-order valence-electron chi connectivity index (χ3n) is 2.56. The summed E-state index contributed by atoms with van der Waals surface area (Å²) in [6, 6.07) is 12.3. The van der Waals surface area contributed by atoms with E-state index in [0.29, 0.717) is 0 Å². The van der Waals surface area contributed by atoms with Gasteiger partial charge >= 0.3 is 0 Å². The zero-order valence-electron chi connectivity index (χ0n) is 8.51. The van der Waals surface area contributed by atoms with E-state index in [0.717, 1.165) is 0 Å². The fraction of sp³-hybridized carbons (Fsp3) is 0.250. The Morgan fingerprint density at radius 3 is 2.36 bits per heavy atom. The molecule has 0 aliphatic carbocycles. The Kier molecular flexibility index (Phi) is 2.12. The van der Waals surface area contributed by atoms with Crippen LogP contribution in [0.1, 0.15) is 19.4 Å². The Morgan fingerprint density at radius 1 is 1.07 bits per heavy atom. The number of hydrogen-bond acceptors (Lipinski definition) is 1. The van der Waals surface area contributed by atoms with E-state index >= 15 is 0 Å². The average molecular weight is 186 g/mol. The number of hydrogen-bond donors (Lipinski definition) is 0. The highest BCUT2D eigenvalue weighted by Gasteiger charge is 2.22. The molecule has 1 aromatic heterocycles. The van der Waals surface area contributed by atoms with Crippen molar-refractivity contribution in [2.75, 3.05) is 0 Å². The van der Waals surface area contributed by atoms with Crippen LogP contribution in [0.15, 0.2) is 48.8 Å². The van der Waals surface area contributed by atoms with Crippen molar-refractivity contribution < 1.29 is 0 Å². The molecule has 0 aliphatic heterocycles. The van der Waals surface area contributed by atoms with Gasteiger partial charge in [0.05, 0.1) is 5.54 Å². The summed E-state index contributed by atoms with van der Waals surface area (Å²) in [5.41, 5.74) is 1.19. The lowest BCUT2D eigenvalue weighted by Crippen LogP contribution is -2.27. The molecule has 0 radical (unpaired) electrons. The molecule has 2 aromatic rings. The van der Waals surface area contributed by atoms with Gasteiger partial charge in [0.2, 0.25) is 0 Å². The standard InChI is InChI=1S/C12H14N2/c1-12(2,14-10-6-9-13-14)11-7-4-3-5-8-11/h3-10H,1-2H3. The van der Waals surface area contributed by atoms with Gasteiger partial charge in [0.25, 0.3) is 0 Å². The van der Waals surface area contributed by atoms with Crippen LogP contribution < -0.4 is 0 Å². The normalized spacial score (nSPS) is 11.6. The van der Waals surface area contributed by atoms with E-state index in [9.17, 15) is 0 Å². The molecule has 1 aromatic carbocycles. The smallest absolute Gasteiger partial charge is 0.0819 e. The molecule has 14 heavy (non-hydrogen) atoms. The zero-order valence-corrected chi connectivity index (χ0v) is 8.51. The maximum atomic E-state index is 4.28. The molecule has 2 rings (SSSR count). The summed E-state index contributed by atoms with van der Waals surface area (Å²) in [4.78, 5) is 0. The van der Waals surface area contributed by atoms with Gasteiger partial charge < -0.3 is 0 Å². The Bertz CT molecular complexity index is 388. The Morgan fingerprint density at radius 2 is 1.79 bits per heavy atom. The van der Waals surface area contributed by atoms with Crippen molar-refractivity contribution in [3.05, 3.63) is 54.4 Å². The Hall–Kier alpha value is -1.57. The second-order valence-electron chi connectivity index (χ2n) is 3.88. The van der Waals surface area contributed by atoms with Gasteiger partial charge in [-0.2, -0.15) is 5.10 Å². The summed E-state index contributed by atoms with van der Waals surface area (Å²) >= 11 is 0. The van der Waals surface area contributed by atoms with E-state index in [1.807, 2.05) is 29.2 Å². The summed E-state index contributed by atoms with van der Waals surface area (Å²) in [5.74, 6) is 0. The highest BCUT2D eigenvalue weighted by atomic mass is 15.3. The van der Waals surface area contributed by atoms with Gasteiger partial charge in [-0.3, -0.25) is 4.68 Å². The molecule has 0 bridgehead atoms. The quantitative estimate of drug-likeness (QED) is 0.705. The zero-order chi connectivity index (χ0) is 10.0. The van der Waals surface area contributed by atoms with Crippen molar-refractivity contribution in [2.24, 2.45) is 0 Å². The third kappa shape index (κ3) is 1.43. The van der Waals surface area contributed by atoms with Crippen LogP contribution in [0.3, 0.4) is 0 Å². The fourth-order valence-electron chi connectivity index (χ4n) is 1.58. The van der Waals surface area contributed by atoms with Crippen LogP contribution in [0.4, 0.5) is 0 Å². The largest absolute Gasteiger partial charge is 0.263 e. The first-order valence-corrected chi connectivity index (χ1v) is 4.77. The fourth-order valence-corrected chi connectivity index (χ4v) is 1.58. The number of rotatable bonds is 2. The Balaban J connectivity index is 2.43. The number of benzene rings is 1. The van der Waals surface area contributed by atoms with Crippen LogP contribution in [-0.2, 0) is 5.54 Å². The first kappa shape index (κ1) is 9.00. The van der Waals surface area contributed by atoms with Crippen LogP contribution >= 0.6 is 0 Å². The highest BCUT2D eigenvalue weighted by molar-refractivity contribution is 5.23. The lowest BCUT2D eigenvalue weighted by molar-refractivity contribution is 0.390. The first-order valence-electron chi connectivity index (χ1n) is 4.77. The predicted molar refractivity (Wildman–Crippen MR) is 57.1 cm³/mol. The van der Waals surface area contributed by atoms with E-state index in [2.05, 4.69) is 43.2 Å². The Labute approximate surface area is 84.2 Å². The molecule has 0 spiro atoms. The van der Waals surface area contributed by atoms with E-state index in [1.165, 1.54) is 5.56 Å². The molecule has 2 heteroatoms. The van der Waals surface area contributed by atoms with E-state index in [4.69, 9.17) is 0 Å². The topological polar surface area (TPSA) is 17.8 Å². The van der Waals surface area contributed by atoms with Crippen molar-refractivity contribution in [3.63, 3.8) is 0 Å². The summed E-state index contributed by atoms with van der Waals surface area (Å²) in [5, 5.41) is 4.28. The SMILES string of the molecule is CC(C)(c1ccccc1)n1cccn1. The highest BCUT2D eigenvalue weighted by Crippen LogP contribution is 2.23. The van der Waals surface area contributed by atoms with Gasteiger partial charge in [-0.15, -0.1) is 0 Å². The molecule has 0 N–H and O–H groups in total. The molecule has 0 saturated heterocycles. The minimum absolute atomic E-state index is 0.0786. The minimum Gasteiger partial charge on any atom is -0.263 e. The molecule has 0 amide bonds. The summed E-state index contributed by atoms with van der Waals surface area (Å²) < 4.78 is 1.97. The molecule has 72 valence electrons. The van der Waals surface area contributed by atoms with Crippen LogP contribution in [0.5, 0.6) is 0 Å². The van der Waals surface area contributed by atoms with Gasteiger partial charge in [-0.1, -0.05) is 30.3 Å². The molecule has 0 atom stereocenters. The van der Waals surface area contributed by atoms with E-state index in [1.54, 1.807) is 0 Å². The van der Waals surface area contributed by atoms with E-state index in [-0.39, 0.29) is 5.54 Å². The summed E-state index contributed by atoms with van der Waals surface area (Å²) in [6.45, 7) is 4.32. The molecular formula is C12H14N2. The van der Waals surface area contributed by atoms with Crippen molar-refractivity contribution in [1.82, 2.24) is 9.78 Å². The second-order valence-corrected chi connectivity index (χ2v) is 3.88. The van der Waals surface area contributed by atoms with Gasteiger partial charge in [0.1, 0.15) is 0 Å². The number of nitrogens with zero attached hydrogens (tertiary/aromatic N) is 2. The maximum absolute atomic E-state index is 4.28. The number of aromatic nitrogens is 2. The summed E-state index contributed by atoms with van der Waals surface area (Å²) in [6.07, 6.45) is 3.80. The lowest BCUT2D eigenvalue weighted by atomic mass is 9.95. The van der Waals surface area contributed by atoms with Gasteiger partial charge in [-0.25, -0.2) is 0 Å². The lowest BCUT2D eigenvalue weighted by Gasteiger charge is -2.25. The van der Waals surface area contributed by atoms with Crippen molar-refractivity contribution in [2.45, 2.75) is 19.4 Å². The van der Waals surface area contributed by atoms with Crippen LogP contribution in [-0.4, -0.2) is 9.78 Å². The molecule has 0 unspecified atom stereocenters. The molecule has 0 aliphatic rings. The van der Waals surface area contributed by atoms with E-state index < -0.39 is 0 Å². The van der Waals surface area contributed by atoms with Crippen LogP contribution in [0.25, 0.3) is 0 Å². The molecule has 0 fully saturated rings. The van der Waals surface area contributed by atoms with Crippen molar-refractivity contribution >= 4 is 0 Å². The van der Waals surface area contributed by atoms with Crippen molar-refractivity contribution in [1.29, 1.82) is 0 Å². The van der Waals surface area contributed by atoms with Crippen molar-refractivity contribution in [3.8, 4) is 0 Å². The monoisotopic (exact) mass is 186 g/mol. The van der Waals surface area contributed by atoms with Crippen LogP contribution in [0, 0.1) is 0 Å². The molecule has 2 nitrogen and oxygen atoms in total. The molecule has 0 saturated carbocycles. The van der Waals surface area contributed by atoms with Crippen LogP contribution in [0.2, 0.25) is 0 Å². The molecule has 1 heterocycles. The second kappa shape index (κ2) is 3.29. The maximum Gasteiger partial charge on any atom is 0.0819 e. The first-order chi connectivity index (χ1) is 6.71. The predicted octanol–water partition coefficient (Wildman–Crippen LogP) is 2.67. The average Bonchev–Trinajstić information content (AvgIpc) is 2.72. The molecular weight excluding hydrogens is 172 g/mol. The summed E-state index contributed by atoms with van der Waals surface area (Å²) in [7, 11) is 0. The third-order valence-corrected chi connectivity index (χ3v) is 2.56. The van der Waals surface area contributed by atoms with Gasteiger partial charge in [-0.05, 0) is 25.5 Å². The van der Waals surface area contributed by atoms with Gasteiger partial charge in [0, 0.05) is 12.4 Å².